The van der Waals surface area contributed by atoms with Crippen LogP contribution in [0, 0.1) is 5.92 Å². The van der Waals surface area contributed by atoms with E-state index < -0.39 is 0 Å². The van der Waals surface area contributed by atoms with Crippen molar-refractivity contribution in [3.8, 4) is 0 Å². The van der Waals surface area contributed by atoms with Crippen molar-refractivity contribution in [1.29, 1.82) is 0 Å². The summed E-state index contributed by atoms with van der Waals surface area (Å²) in [4.78, 5) is 18.3. The molecule has 0 aliphatic carbocycles. The van der Waals surface area contributed by atoms with Gasteiger partial charge in [0.1, 0.15) is 5.82 Å². The minimum Gasteiger partial charge on any atom is -0.369 e. The Morgan fingerprint density at radius 2 is 2.38 bits per heavy atom. The zero-order valence-electron chi connectivity index (χ0n) is 14.2. The fourth-order valence-corrected chi connectivity index (χ4v) is 3.31. The Morgan fingerprint density at radius 3 is 3.17 bits per heavy atom. The summed E-state index contributed by atoms with van der Waals surface area (Å²) in [6, 6.07) is 4.00. The third-order valence-corrected chi connectivity index (χ3v) is 4.56. The zero-order valence-corrected chi connectivity index (χ0v) is 14.2. The molecule has 1 aliphatic rings. The largest absolute Gasteiger partial charge is 0.369 e. The third kappa shape index (κ3) is 3.84. The summed E-state index contributed by atoms with van der Waals surface area (Å²) in [7, 11) is 0. The van der Waals surface area contributed by atoms with Crippen LogP contribution in [-0.2, 0) is 11.2 Å². The van der Waals surface area contributed by atoms with Gasteiger partial charge in [-0.1, -0.05) is 13.3 Å². The maximum Gasteiger partial charge on any atom is 0.221 e. The predicted molar refractivity (Wildman–Crippen MR) is 93.8 cm³/mol. The standard InChI is InChI=1S/C17H26N6O/c1-2-4-14-11-16(23-15(21-14)6-7-20-23)19-8-10-22-9-3-5-13(12-22)17(18)24/h6-7,11,13,19H,2-5,8-10,12H2,1H3,(H2,18,24). The molecule has 2 aromatic rings. The van der Waals surface area contributed by atoms with Gasteiger partial charge in [-0.15, -0.1) is 0 Å². The number of nitrogens with two attached hydrogens (primary N) is 1. The van der Waals surface area contributed by atoms with Gasteiger partial charge in [0.05, 0.1) is 12.1 Å². The van der Waals surface area contributed by atoms with E-state index in [0.29, 0.717) is 0 Å². The number of carbonyl (C=O) groups is 1. The highest BCUT2D eigenvalue weighted by Gasteiger charge is 2.23. The summed E-state index contributed by atoms with van der Waals surface area (Å²) in [5.74, 6) is 0.787. The van der Waals surface area contributed by atoms with Crippen LogP contribution in [0.1, 0.15) is 31.9 Å². The molecular weight excluding hydrogens is 304 g/mol. The van der Waals surface area contributed by atoms with Crippen LogP contribution in [0.25, 0.3) is 5.65 Å². The summed E-state index contributed by atoms with van der Waals surface area (Å²) in [6.45, 7) is 5.64. The van der Waals surface area contributed by atoms with Gasteiger partial charge >= 0.3 is 0 Å². The molecule has 1 unspecified atom stereocenters. The summed E-state index contributed by atoms with van der Waals surface area (Å²) >= 11 is 0. The van der Waals surface area contributed by atoms with Gasteiger partial charge < -0.3 is 16.0 Å². The molecule has 3 heterocycles. The second-order valence-electron chi connectivity index (χ2n) is 6.45. The summed E-state index contributed by atoms with van der Waals surface area (Å²) in [5.41, 5.74) is 7.40. The fraction of sp³-hybridized carbons (Fsp3) is 0.588. The molecule has 24 heavy (non-hydrogen) atoms. The van der Waals surface area contributed by atoms with Crippen LogP contribution in [0.15, 0.2) is 18.3 Å². The average molecular weight is 330 g/mol. The van der Waals surface area contributed by atoms with Gasteiger partial charge in [0, 0.05) is 37.5 Å². The number of rotatable bonds is 7. The van der Waals surface area contributed by atoms with Crippen molar-refractivity contribution in [1.82, 2.24) is 19.5 Å². The number of amides is 1. The van der Waals surface area contributed by atoms with Gasteiger partial charge in [-0.2, -0.15) is 9.61 Å². The Labute approximate surface area is 142 Å². The van der Waals surface area contributed by atoms with E-state index >= 15 is 0 Å². The molecular formula is C17H26N6O. The van der Waals surface area contributed by atoms with Gasteiger partial charge in [0.25, 0.3) is 0 Å². The Morgan fingerprint density at radius 1 is 1.50 bits per heavy atom. The molecule has 2 aromatic heterocycles. The number of aryl methyl sites for hydroxylation is 1. The summed E-state index contributed by atoms with van der Waals surface area (Å²) in [6.07, 6.45) is 5.75. The van der Waals surface area contributed by atoms with Gasteiger partial charge in [-0.25, -0.2) is 4.98 Å². The second kappa shape index (κ2) is 7.61. The van der Waals surface area contributed by atoms with E-state index in [0.717, 1.165) is 69.0 Å². The first kappa shape index (κ1) is 16.7. The highest BCUT2D eigenvalue weighted by Crippen LogP contribution is 2.16. The molecule has 1 amide bonds. The first-order chi connectivity index (χ1) is 11.7. The van der Waals surface area contributed by atoms with Crippen LogP contribution in [0.2, 0.25) is 0 Å². The van der Waals surface area contributed by atoms with Gasteiger partial charge in [0.2, 0.25) is 5.91 Å². The smallest absolute Gasteiger partial charge is 0.221 e. The second-order valence-corrected chi connectivity index (χ2v) is 6.45. The number of aromatic nitrogens is 3. The lowest BCUT2D eigenvalue weighted by Crippen LogP contribution is -2.42. The number of piperidine rings is 1. The quantitative estimate of drug-likeness (QED) is 0.798. The lowest BCUT2D eigenvalue weighted by Gasteiger charge is -2.31. The maximum atomic E-state index is 11.4. The number of nitrogens with zero attached hydrogens (tertiary/aromatic N) is 4. The molecule has 3 rings (SSSR count). The molecule has 0 radical (unpaired) electrons. The normalized spacial score (nSPS) is 18.8. The Hall–Kier alpha value is -2.15. The van der Waals surface area contributed by atoms with Crippen molar-refractivity contribution < 1.29 is 4.79 Å². The Kier molecular flexibility index (Phi) is 5.30. The molecule has 7 heteroatoms. The highest BCUT2D eigenvalue weighted by atomic mass is 16.1. The van der Waals surface area contributed by atoms with Crippen LogP contribution < -0.4 is 11.1 Å². The number of carbonyl (C=O) groups excluding carboxylic acids is 1. The Balaban J connectivity index is 1.61. The molecule has 1 aliphatic heterocycles. The minimum atomic E-state index is -0.177. The van der Waals surface area contributed by atoms with Crippen LogP contribution in [0.5, 0.6) is 0 Å². The first-order valence-corrected chi connectivity index (χ1v) is 8.76. The average Bonchev–Trinajstić information content (AvgIpc) is 3.04. The van der Waals surface area contributed by atoms with Crippen molar-refractivity contribution in [2.24, 2.45) is 11.7 Å². The number of hydrogen-bond donors (Lipinski definition) is 2. The lowest BCUT2D eigenvalue weighted by atomic mass is 9.97. The summed E-state index contributed by atoms with van der Waals surface area (Å²) < 4.78 is 1.83. The van der Waals surface area contributed by atoms with E-state index in [1.165, 1.54) is 0 Å². The van der Waals surface area contributed by atoms with E-state index in [2.05, 4.69) is 33.3 Å². The van der Waals surface area contributed by atoms with E-state index in [4.69, 9.17) is 5.73 Å². The number of primary amides is 1. The lowest BCUT2D eigenvalue weighted by molar-refractivity contribution is -0.123. The molecule has 0 saturated carbocycles. The maximum absolute atomic E-state index is 11.4. The number of fused-ring (bicyclic) bond motifs is 1. The van der Waals surface area contributed by atoms with Crippen LogP contribution in [-0.4, -0.2) is 51.6 Å². The number of nitrogens with one attached hydrogen (secondary N) is 1. The predicted octanol–water partition coefficient (Wildman–Crippen LogP) is 1.29. The van der Waals surface area contributed by atoms with Crippen LogP contribution in [0.4, 0.5) is 5.82 Å². The number of likely N-dealkylation sites (tertiary alicyclic amines) is 1. The van der Waals surface area contributed by atoms with Crippen molar-refractivity contribution >= 4 is 17.4 Å². The van der Waals surface area contributed by atoms with Crippen molar-refractivity contribution in [2.45, 2.75) is 32.6 Å². The van der Waals surface area contributed by atoms with E-state index in [1.807, 2.05) is 10.6 Å². The monoisotopic (exact) mass is 330 g/mol. The molecule has 0 aromatic carbocycles. The molecule has 0 spiro atoms. The van der Waals surface area contributed by atoms with Gasteiger partial charge in [-0.05, 0) is 25.8 Å². The van der Waals surface area contributed by atoms with Gasteiger partial charge in [0.15, 0.2) is 5.65 Å². The number of anilines is 1. The van der Waals surface area contributed by atoms with Crippen molar-refractivity contribution in [3.63, 3.8) is 0 Å². The molecule has 1 fully saturated rings. The molecule has 0 bridgehead atoms. The van der Waals surface area contributed by atoms with Crippen molar-refractivity contribution in [3.05, 3.63) is 24.0 Å². The van der Waals surface area contributed by atoms with E-state index in [1.54, 1.807) is 6.20 Å². The molecule has 7 nitrogen and oxygen atoms in total. The molecule has 1 atom stereocenters. The topological polar surface area (TPSA) is 88.5 Å². The van der Waals surface area contributed by atoms with Crippen LogP contribution in [0.3, 0.4) is 0 Å². The zero-order chi connectivity index (χ0) is 16.9. The number of hydrogen-bond acceptors (Lipinski definition) is 5. The first-order valence-electron chi connectivity index (χ1n) is 8.76. The third-order valence-electron chi connectivity index (χ3n) is 4.56. The van der Waals surface area contributed by atoms with E-state index in [9.17, 15) is 4.79 Å². The molecule has 130 valence electrons. The van der Waals surface area contributed by atoms with Crippen LogP contribution >= 0.6 is 0 Å². The van der Waals surface area contributed by atoms with Crippen molar-refractivity contribution in [2.75, 3.05) is 31.5 Å². The van der Waals surface area contributed by atoms with E-state index in [-0.39, 0.29) is 11.8 Å². The SMILES string of the molecule is CCCc1cc(NCCN2CCCC(C(N)=O)C2)n2nccc2n1. The molecule has 1 saturated heterocycles. The summed E-state index contributed by atoms with van der Waals surface area (Å²) in [5, 5.41) is 7.80. The van der Waals surface area contributed by atoms with Gasteiger partial charge in [-0.3, -0.25) is 4.79 Å². The fourth-order valence-electron chi connectivity index (χ4n) is 3.31. The highest BCUT2D eigenvalue weighted by molar-refractivity contribution is 5.76. The Bertz CT molecular complexity index is 697. The minimum absolute atomic E-state index is 0.00588. The molecule has 3 N–H and O–H groups in total.